The predicted molar refractivity (Wildman–Crippen MR) is 112 cm³/mol. The number of ether oxygens (including phenoxy) is 1. The maximum Gasteiger partial charge on any atom is 0.329 e. The summed E-state index contributed by atoms with van der Waals surface area (Å²) in [5.74, 6) is -0.870. The van der Waals surface area contributed by atoms with Gasteiger partial charge in [0.25, 0.3) is 11.8 Å². The van der Waals surface area contributed by atoms with Crippen molar-refractivity contribution in [3.05, 3.63) is 70.0 Å². The Balaban J connectivity index is 1.62. The SMILES string of the molecule is CC(C)[C@H](NC(=O)c1ccccc1Cl)C(=O)OCc1nnc(-c2ccc(Cl)cc2)o1. The summed E-state index contributed by atoms with van der Waals surface area (Å²) in [5, 5.41) is 11.4. The smallest absolute Gasteiger partial charge is 0.329 e. The molecule has 0 bridgehead atoms. The number of hydrogen-bond donors (Lipinski definition) is 1. The first-order valence-electron chi connectivity index (χ1n) is 9.15. The zero-order valence-electron chi connectivity index (χ0n) is 16.3. The third-order valence-corrected chi connectivity index (χ3v) is 4.80. The number of carbonyl (C=O) groups excluding carboxylic acids is 2. The van der Waals surface area contributed by atoms with Gasteiger partial charge in [-0.1, -0.05) is 49.2 Å². The van der Waals surface area contributed by atoms with Crippen LogP contribution in [0.3, 0.4) is 0 Å². The highest BCUT2D eigenvalue weighted by Crippen LogP contribution is 2.21. The Morgan fingerprint density at radius 3 is 2.43 bits per heavy atom. The Morgan fingerprint density at radius 2 is 1.77 bits per heavy atom. The number of halogens is 2. The number of nitrogens with zero attached hydrogens (tertiary/aromatic N) is 2. The molecule has 2 aromatic carbocycles. The molecule has 0 aliphatic heterocycles. The van der Waals surface area contributed by atoms with Gasteiger partial charge in [0, 0.05) is 10.6 Å². The topological polar surface area (TPSA) is 94.3 Å². The fraction of sp³-hybridized carbons (Fsp3) is 0.238. The van der Waals surface area contributed by atoms with Crippen LogP contribution in [0.4, 0.5) is 0 Å². The third-order valence-electron chi connectivity index (χ3n) is 4.22. The molecule has 0 unspecified atom stereocenters. The number of carbonyl (C=O) groups is 2. The number of esters is 1. The fourth-order valence-corrected chi connectivity index (χ4v) is 2.95. The van der Waals surface area contributed by atoms with E-state index < -0.39 is 17.9 Å². The lowest BCUT2D eigenvalue weighted by molar-refractivity contribution is -0.149. The summed E-state index contributed by atoms with van der Waals surface area (Å²) in [6.45, 7) is 3.37. The molecule has 1 aromatic heterocycles. The van der Waals surface area contributed by atoms with Crippen LogP contribution in [-0.2, 0) is 16.1 Å². The quantitative estimate of drug-likeness (QED) is 0.534. The minimum absolute atomic E-state index is 0.133. The Morgan fingerprint density at radius 1 is 1.07 bits per heavy atom. The lowest BCUT2D eigenvalue weighted by atomic mass is 10.0. The van der Waals surface area contributed by atoms with Gasteiger partial charge < -0.3 is 14.5 Å². The molecule has 0 saturated heterocycles. The van der Waals surface area contributed by atoms with Crippen LogP contribution in [0.2, 0.25) is 10.0 Å². The van der Waals surface area contributed by atoms with Crippen LogP contribution in [0.25, 0.3) is 11.5 Å². The van der Waals surface area contributed by atoms with E-state index >= 15 is 0 Å². The monoisotopic (exact) mass is 447 g/mol. The van der Waals surface area contributed by atoms with Crippen molar-refractivity contribution in [1.82, 2.24) is 15.5 Å². The van der Waals surface area contributed by atoms with Gasteiger partial charge in [-0.3, -0.25) is 4.79 Å². The first kappa shape index (κ1) is 21.8. The van der Waals surface area contributed by atoms with Crippen molar-refractivity contribution < 1.29 is 18.7 Å². The molecule has 0 saturated carbocycles. The Hall–Kier alpha value is -2.90. The first-order chi connectivity index (χ1) is 14.3. The molecule has 3 aromatic rings. The molecular formula is C21H19Cl2N3O4. The molecule has 1 atom stereocenters. The number of hydrogen-bond acceptors (Lipinski definition) is 6. The maximum absolute atomic E-state index is 12.5. The number of rotatable bonds is 7. The van der Waals surface area contributed by atoms with Gasteiger partial charge in [-0.25, -0.2) is 4.79 Å². The highest BCUT2D eigenvalue weighted by Gasteiger charge is 2.27. The summed E-state index contributed by atoms with van der Waals surface area (Å²) in [7, 11) is 0. The van der Waals surface area contributed by atoms with Crippen molar-refractivity contribution in [3.8, 4) is 11.5 Å². The van der Waals surface area contributed by atoms with Gasteiger partial charge in [-0.15, -0.1) is 10.2 Å². The molecule has 30 heavy (non-hydrogen) atoms. The first-order valence-corrected chi connectivity index (χ1v) is 9.91. The van der Waals surface area contributed by atoms with E-state index in [-0.39, 0.29) is 29.9 Å². The summed E-state index contributed by atoms with van der Waals surface area (Å²) in [6, 6.07) is 12.6. The van der Waals surface area contributed by atoms with E-state index in [9.17, 15) is 9.59 Å². The Labute approximate surface area is 183 Å². The van der Waals surface area contributed by atoms with Gasteiger partial charge >= 0.3 is 5.97 Å². The molecule has 1 amide bonds. The summed E-state index contributed by atoms with van der Waals surface area (Å²) in [4.78, 5) is 25.0. The van der Waals surface area contributed by atoms with Gasteiger partial charge in [-0.05, 0) is 42.3 Å². The van der Waals surface area contributed by atoms with Crippen LogP contribution in [-0.4, -0.2) is 28.1 Å². The molecule has 0 fully saturated rings. The molecule has 0 aliphatic rings. The van der Waals surface area contributed by atoms with E-state index in [1.807, 2.05) is 0 Å². The zero-order valence-corrected chi connectivity index (χ0v) is 17.8. The Kier molecular flexibility index (Phi) is 7.07. The largest absolute Gasteiger partial charge is 0.454 e. The molecule has 1 heterocycles. The molecule has 0 radical (unpaired) electrons. The normalized spacial score (nSPS) is 11.9. The summed E-state index contributed by atoms with van der Waals surface area (Å²) < 4.78 is 10.8. The van der Waals surface area contributed by atoms with Crippen molar-refractivity contribution in [1.29, 1.82) is 0 Å². The second-order valence-electron chi connectivity index (χ2n) is 6.79. The van der Waals surface area contributed by atoms with Crippen molar-refractivity contribution in [3.63, 3.8) is 0 Å². The summed E-state index contributed by atoms with van der Waals surface area (Å²) >= 11 is 11.9. The van der Waals surface area contributed by atoms with E-state index in [0.717, 1.165) is 0 Å². The molecule has 0 spiro atoms. The van der Waals surface area contributed by atoms with E-state index in [1.165, 1.54) is 0 Å². The lowest BCUT2D eigenvalue weighted by Gasteiger charge is -2.20. The zero-order chi connectivity index (χ0) is 21.7. The Bertz CT molecular complexity index is 1030. The standard InChI is InChI=1S/C21H19Cl2N3O4/c1-12(2)18(24-19(27)15-5-3-4-6-16(15)23)21(28)29-11-17-25-26-20(30-17)13-7-9-14(22)10-8-13/h3-10,12,18H,11H2,1-2H3,(H,24,27)/t18-/m0/s1. The average Bonchev–Trinajstić information content (AvgIpc) is 3.19. The van der Waals surface area contributed by atoms with Gasteiger partial charge in [0.2, 0.25) is 5.89 Å². The van der Waals surface area contributed by atoms with Crippen molar-refractivity contribution >= 4 is 35.1 Å². The van der Waals surface area contributed by atoms with Crippen molar-refractivity contribution in [2.75, 3.05) is 0 Å². The fourth-order valence-electron chi connectivity index (χ4n) is 2.61. The molecule has 3 rings (SSSR count). The van der Waals surface area contributed by atoms with E-state index in [4.69, 9.17) is 32.4 Å². The third kappa shape index (κ3) is 5.37. The van der Waals surface area contributed by atoms with Crippen LogP contribution >= 0.6 is 23.2 Å². The molecule has 9 heteroatoms. The van der Waals surface area contributed by atoms with Crippen LogP contribution in [0.5, 0.6) is 0 Å². The second kappa shape index (κ2) is 9.73. The lowest BCUT2D eigenvalue weighted by Crippen LogP contribution is -2.45. The van der Waals surface area contributed by atoms with Gasteiger partial charge in [-0.2, -0.15) is 0 Å². The van der Waals surface area contributed by atoms with Gasteiger partial charge in [0.15, 0.2) is 6.61 Å². The minimum atomic E-state index is -0.868. The minimum Gasteiger partial charge on any atom is -0.454 e. The number of benzene rings is 2. The number of aromatic nitrogens is 2. The van der Waals surface area contributed by atoms with Crippen LogP contribution in [0, 0.1) is 5.92 Å². The number of amides is 1. The number of nitrogens with one attached hydrogen (secondary N) is 1. The maximum atomic E-state index is 12.5. The molecule has 7 nitrogen and oxygen atoms in total. The average molecular weight is 448 g/mol. The van der Waals surface area contributed by atoms with Crippen LogP contribution in [0.15, 0.2) is 52.9 Å². The van der Waals surface area contributed by atoms with Crippen LogP contribution in [0.1, 0.15) is 30.1 Å². The molecule has 1 N–H and O–H groups in total. The second-order valence-corrected chi connectivity index (χ2v) is 7.63. The van der Waals surface area contributed by atoms with Crippen molar-refractivity contribution in [2.24, 2.45) is 5.92 Å². The summed E-state index contributed by atoms with van der Waals surface area (Å²) in [6.07, 6.45) is 0. The van der Waals surface area contributed by atoms with Crippen molar-refractivity contribution in [2.45, 2.75) is 26.5 Å². The van der Waals surface area contributed by atoms with Crippen LogP contribution < -0.4 is 5.32 Å². The van der Waals surface area contributed by atoms with Gasteiger partial charge in [0.1, 0.15) is 6.04 Å². The molecular weight excluding hydrogens is 429 g/mol. The van der Waals surface area contributed by atoms with E-state index in [2.05, 4.69) is 15.5 Å². The highest BCUT2D eigenvalue weighted by molar-refractivity contribution is 6.33. The van der Waals surface area contributed by atoms with Gasteiger partial charge in [0.05, 0.1) is 10.6 Å². The molecule has 0 aliphatic carbocycles. The van der Waals surface area contributed by atoms with E-state index in [1.54, 1.807) is 62.4 Å². The molecule has 156 valence electrons. The summed E-state index contributed by atoms with van der Waals surface area (Å²) in [5.41, 5.74) is 0.971. The highest BCUT2D eigenvalue weighted by atomic mass is 35.5. The predicted octanol–water partition coefficient (Wildman–Crippen LogP) is 4.54. The van der Waals surface area contributed by atoms with E-state index in [0.29, 0.717) is 15.6 Å².